The van der Waals surface area contributed by atoms with Crippen LogP contribution < -0.4 is 16.0 Å². The SMILES string of the molecule is O=C1CCC(N2C(=O)c3ccc(CNC[C@@H]4CN[C@@H]5CCCC[C@H]45)cc3C2=O)C(=O)N1. The van der Waals surface area contributed by atoms with Crippen LogP contribution in [-0.4, -0.2) is 53.7 Å². The van der Waals surface area contributed by atoms with Gasteiger partial charge in [-0.05, 0) is 61.9 Å². The van der Waals surface area contributed by atoms with Crippen LogP contribution in [0.15, 0.2) is 18.2 Å². The normalized spacial score (nSPS) is 30.4. The number of piperidine rings is 1. The Morgan fingerprint density at radius 1 is 1.00 bits per heavy atom. The molecule has 4 amide bonds. The lowest BCUT2D eigenvalue weighted by atomic mass is 9.80. The summed E-state index contributed by atoms with van der Waals surface area (Å²) in [6.45, 7) is 2.61. The third kappa shape index (κ3) is 3.68. The topological polar surface area (TPSA) is 108 Å². The lowest BCUT2D eigenvalue weighted by Gasteiger charge is -2.28. The highest BCUT2D eigenvalue weighted by molar-refractivity contribution is 6.23. The molecule has 8 heteroatoms. The molecule has 1 aromatic rings. The van der Waals surface area contributed by atoms with E-state index in [4.69, 9.17) is 0 Å². The van der Waals surface area contributed by atoms with Crippen molar-refractivity contribution in [3.8, 4) is 0 Å². The molecule has 0 bridgehead atoms. The molecule has 2 saturated heterocycles. The minimum absolute atomic E-state index is 0.122. The molecule has 31 heavy (non-hydrogen) atoms. The Balaban J connectivity index is 1.23. The molecule has 3 fully saturated rings. The quantitative estimate of drug-likeness (QED) is 0.608. The first-order valence-corrected chi connectivity index (χ1v) is 11.3. The second-order valence-corrected chi connectivity index (χ2v) is 9.18. The van der Waals surface area contributed by atoms with Gasteiger partial charge in [0.25, 0.3) is 11.8 Å². The van der Waals surface area contributed by atoms with Gasteiger partial charge >= 0.3 is 0 Å². The van der Waals surface area contributed by atoms with Crippen molar-refractivity contribution in [2.24, 2.45) is 11.8 Å². The predicted octanol–water partition coefficient (Wildman–Crippen LogP) is 0.956. The predicted molar refractivity (Wildman–Crippen MR) is 112 cm³/mol. The third-order valence-electron chi connectivity index (χ3n) is 7.31. The second-order valence-electron chi connectivity index (χ2n) is 9.18. The van der Waals surface area contributed by atoms with Crippen LogP contribution in [-0.2, 0) is 16.1 Å². The van der Waals surface area contributed by atoms with Gasteiger partial charge in [-0.3, -0.25) is 29.4 Å². The summed E-state index contributed by atoms with van der Waals surface area (Å²) in [7, 11) is 0. The highest BCUT2D eigenvalue weighted by Crippen LogP contribution is 2.34. The van der Waals surface area contributed by atoms with E-state index in [-0.39, 0.29) is 18.7 Å². The number of carbonyl (C=O) groups is 4. The standard InChI is InChI=1S/C23H28N4O4/c28-20-8-7-19(21(29)26-20)27-22(30)16-6-5-13(9-17(16)23(27)31)10-24-11-14-12-25-18-4-2-1-3-15(14)18/h5-6,9,14-15,18-19,24-25H,1-4,7-8,10-12H2,(H,26,28,29)/t14-,15-,18-,19?/m1/s1. The fraction of sp³-hybridized carbons (Fsp3) is 0.565. The molecule has 5 rings (SSSR count). The lowest BCUT2D eigenvalue weighted by molar-refractivity contribution is -0.136. The highest BCUT2D eigenvalue weighted by atomic mass is 16.2. The Bertz CT molecular complexity index is 946. The van der Waals surface area contributed by atoms with Crippen LogP contribution in [0, 0.1) is 11.8 Å². The van der Waals surface area contributed by atoms with Gasteiger partial charge in [-0.25, -0.2) is 0 Å². The van der Waals surface area contributed by atoms with Crippen molar-refractivity contribution < 1.29 is 19.2 Å². The molecule has 1 saturated carbocycles. The number of benzene rings is 1. The molecular weight excluding hydrogens is 396 g/mol. The smallest absolute Gasteiger partial charge is 0.262 e. The number of hydrogen-bond acceptors (Lipinski definition) is 6. The fourth-order valence-electron chi connectivity index (χ4n) is 5.68. The van der Waals surface area contributed by atoms with E-state index in [1.807, 2.05) is 6.07 Å². The van der Waals surface area contributed by atoms with Gasteiger partial charge in [0.05, 0.1) is 11.1 Å². The molecule has 0 spiro atoms. The van der Waals surface area contributed by atoms with Gasteiger partial charge in [0.2, 0.25) is 11.8 Å². The molecular formula is C23H28N4O4. The summed E-state index contributed by atoms with van der Waals surface area (Å²) in [5.41, 5.74) is 1.60. The van der Waals surface area contributed by atoms with Crippen LogP contribution in [0.1, 0.15) is 64.8 Å². The third-order valence-corrected chi connectivity index (χ3v) is 7.31. The van der Waals surface area contributed by atoms with E-state index in [9.17, 15) is 19.2 Å². The Hall–Kier alpha value is -2.58. The Morgan fingerprint density at radius 2 is 1.81 bits per heavy atom. The van der Waals surface area contributed by atoms with Crippen LogP contribution in [0.5, 0.6) is 0 Å². The maximum absolute atomic E-state index is 12.9. The molecule has 1 aromatic carbocycles. The van der Waals surface area contributed by atoms with Crippen LogP contribution in [0.25, 0.3) is 0 Å². The average molecular weight is 425 g/mol. The van der Waals surface area contributed by atoms with Crippen LogP contribution >= 0.6 is 0 Å². The van der Waals surface area contributed by atoms with E-state index in [0.29, 0.717) is 29.6 Å². The zero-order chi connectivity index (χ0) is 21.5. The summed E-state index contributed by atoms with van der Waals surface area (Å²) in [4.78, 5) is 50.3. The zero-order valence-electron chi connectivity index (χ0n) is 17.5. The number of carbonyl (C=O) groups excluding carboxylic acids is 4. The summed E-state index contributed by atoms with van der Waals surface area (Å²) in [5.74, 6) is -0.494. The average Bonchev–Trinajstić information content (AvgIpc) is 3.28. The number of amides is 4. The van der Waals surface area contributed by atoms with E-state index in [1.165, 1.54) is 25.7 Å². The largest absolute Gasteiger partial charge is 0.313 e. The number of hydrogen-bond donors (Lipinski definition) is 3. The van der Waals surface area contributed by atoms with Crippen LogP contribution in [0.3, 0.4) is 0 Å². The van der Waals surface area contributed by atoms with Gasteiger partial charge in [-0.15, -0.1) is 0 Å². The molecule has 3 aliphatic heterocycles. The summed E-state index contributed by atoms with van der Waals surface area (Å²) in [6, 6.07) is 5.03. The zero-order valence-corrected chi connectivity index (χ0v) is 17.5. The summed E-state index contributed by atoms with van der Waals surface area (Å²) in [6.07, 6.45) is 5.52. The lowest BCUT2D eigenvalue weighted by Crippen LogP contribution is -2.54. The minimum Gasteiger partial charge on any atom is -0.313 e. The number of imide groups is 2. The summed E-state index contributed by atoms with van der Waals surface area (Å²) < 4.78 is 0. The van der Waals surface area contributed by atoms with Gasteiger partial charge in [0, 0.05) is 19.0 Å². The molecule has 3 heterocycles. The molecule has 0 aromatic heterocycles. The molecule has 164 valence electrons. The molecule has 1 aliphatic carbocycles. The van der Waals surface area contributed by atoms with Gasteiger partial charge in [0.1, 0.15) is 6.04 Å². The number of rotatable bonds is 5. The highest BCUT2D eigenvalue weighted by Gasteiger charge is 2.44. The van der Waals surface area contributed by atoms with E-state index in [2.05, 4.69) is 16.0 Å². The Labute approximate surface area is 181 Å². The van der Waals surface area contributed by atoms with Crippen LogP contribution in [0.2, 0.25) is 0 Å². The maximum Gasteiger partial charge on any atom is 0.262 e. The number of nitrogens with one attached hydrogen (secondary N) is 3. The fourth-order valence-corrected chi connectivity index (χ4v) is 5.68. The van der Waals surface area contributed by atoms with E-state index in [1.54, 1.807) is 12.1 Å². The molecule has 4 atom stereocenters. The monoisotopic (exact) mass is 424 g/mol. The maximum atomic E-state index is 12.9. The van der Waals surface area contributed by atoms with Crippen molar-refractivity contribution in [3.63, 3.8) is 0 Å². The van der Waals surface area contributed by atoms with Gasteiger partial charge in [-0.1, -0.05) is 18.9 Å². The second kappa shape index (κ2) is 8.16. The summed E-state index contributed by atoms with van der Waals surface area (Å²) in [5, 5.41) is 9.41. The molecule has 3 N–H and O–H groups in total. The molecule has 4 aliphatic rings. The molecule has 0 radical (unpaired) electrons. The van der Waals surface area contributed by atoms with Crippen molar-refractivity contribution in [2.45, 2.75) is 57.2 Å². The van der Waals surface area contributed by atoms with Crippen molar-refractivity contribution >= 4 is 23.6 Å². The minimum atomic E-state index is -0.926. The Morgan fingerprint density at radius 3 is 2.65 bits per heavy atom. The van der Waals surface area contributed by atoms with E-state index < -0.39 is 23.8 Å². The van der Waals surface area contributed by atoms with Crippen LogP contribution in [0.4, 0.5) is 0 Å². The van der Waals surface area contributed by atoms with Gasteiger partial charge < -0.3 is 10.6 Å². The molecule has 8 nitrogen and oxygen atoms in total. The first kappa shape index (κ1) is 20.3. The first-order chi connectivity index (χ1) is 15.0. The summed E-state index contributed by atoms with van der Waals surface area (Å²) >= 11 is 0. The van der Waals surface area contributed by atoms with E-state index >= 15 is 0 Å². The van der Waals surface area contributed by atoms with Crippen molar-refractivity contribution in [3.05, 3.63) is 34.9 Å². The number of nitrogens with zero attached hydrogens (tertiary/aromatic N) is 1. The Kier molecular flexibility index (Phi) is 5.35. The van der Waals surface area contributed by atoms with Crippen molar-refractivity contribution in [1.29, 1.82) is 0 Å². The molecule has 1 unspecified atom stereocenters. The van der Waals surface area contributed by atoms with Gasteiger partial charge in [-0.2, -0.15) is 0 Å². The van der Waals surface area contributed by atoms with E-state index in [0.717, 1.165) is 29.5 Å². The van der Waals surface area contributed by atoms with Crippen molar-refractivity contribution in [2.75, 3.05) is 13.1 Å². The van der Waals surface area contributed by atoms with Crippen molar-refractivity contribution in [1.82, 2.24) is 20.9 Å². The first-order valence-electron chi connectivity index (χ1n) is 11.3. The van der Waals surface area contributed by atoms with Gasteiger partial charge in [0.15, 0.2) is 0 Å². The number of fused-ring (bicyclic) bond motifs is 2.